The lowest BCUT2D eigenvalue weighted by molar-refractivity contribution is -0.109. The first kappa shape index (κ1) is 14.9. The zero-order valence-corrected chi connectivity index (χ0v) is 11.1. The number of hydrogen-bond acceptors (Lipinski definition) is 5. The number of benzene rings is 1. The predicted octanol–water partition coefficient (Wildman–Crippen LogP) is 1.48. The SMILES string of the molecule is CC(=O)SCC(O)C(O)c1ccc(C=O)cc1C. The number of rotatable bonds is 5. The van der Waals surface area contributed by atoms with E-state index in [2.05, 4.69) is 0 Å². The van der Waals surface area contributed by atoms with Crippen LogP contribution in [0, 0.1) is 6.92 Å². The monoisotopic (exact) mass is 268 g/mol. The fourth-order valence-electron chi connectivity index (χ4n) is 1.61. The second-order valence-corrected chi connectivity index (χ2v) is 5.25. The third-order valence-corrected chi connectivity index (χ3v) is 3.49. The number of carbonyl (C=O) groups is 2. The molecule has 2 unspecified atom stereocenters. The van der Waals surface area contributed by atoms with Crippen molar-refractivity contribution in [2.45, 2.75) is 26.1 Å². The van der Waals surface area contributed by atoms with E-state index in [0.29, 0.717) is 11.1 Å². The molecular formula is C13H16O4S. The van der Waals surface area contributed by atoms with Gasteiger partial charge in [-0.05, 0) is 24.1 Å². The largest absolute Gasteiger partial charge is 0.389 e. The quantitative estimate of drug-likeness (QED) is 0.791. The average molecular weight is 268 g/mol. The number of aldehydes is 1. The van der Waals surface area contributed by atoms with Crippen molar-refractivity contribution in [1.29, 1.82) is 0 Å². The molecule has 4 nitrogen and oxygen atoms in total. The lowest BCUT2D eigenvalue weighted by atomic mass is 9.98. The summed E-state index contributed by atoms with van der Waals surface area (Å²) in [6.07, 6.45) is -1.34. The maximum Gasteiger partial charge on any atom is 0.185 e. The van der Waals surface area contributed by atoms with Gasteiger partial charge in [-0.1, -0.05) is 23.9 Å². The first-order valence-corrected chi connectivity index (χ1v) is 6.49. The molecular weight excluding hydrogens is 252 g/mol. The second kappa shape index (κ2) is 6.68. The third-order valence-electron chi connectivity index (χ3n) is 2.57. The van der Waals surface area contributed by atoms with Gasteiger partial charge >= 0.3 is 0 Å². The highest BCUT2D eigenvalue weighted by Crippen LogP contribution is 2.23. The molecule has 0 saturated heterocycles. The summed E-state index contributed by atoms with van der Waals surface area (Å²) < 4.78 is 0. The van der Waals surface area contributed by atoms with Crippen molar-refractivity contribution in [2.24, 2.45) is 0 Å². The summed E-state index contributed by atoms with van der Waals surface area (Å²) in [5.74, 6) is 0.144. The predicted molar refractivity (Wildman–Crippen MR) is 70.7 cm³/mol. The molecule has 2 atom stereocenters. The average Bonchev–Trinajstić information content (AvgIpc) is 2.34. The number of aryl methyl sites for hydroxylation is 1. The molecule has 0 fully saturated rings. The standard InChI is InChI=1S/C13H16O4S/c1-8-5-10(6-14)3-4-11(8)13(17)12(16)7-18-9(2)15/h3-6,12-13,16-17H,7H2,1-2H3. The number of thioether (sulfide) groups is 1. The van der Waals surface area contributed by atoms with Crippen LogP contribution in [0.5, 0.6) is 0 Å². The van der Waals surface area contributed by atoms with E-state index in [1.165, 1.54) is 6.92 Å². The van der Waals surface area contributed by atoms with Gasteiger partial charge in [-0.15, -0.1) is 0 Å². The maximum atomic E-state index is 10.8. The van der Waals surface area contributed by atoms with Crippen LogP contribution in [-0.4, -0.2) is 33.5 Å². The van der Waals surface area contributed by atoms with Crippen LogP contribution >= 0.6 is 11.8 Å². The Morgan fingerprint density at radius 2 is 2.11 bits per heavy atom. The molecule has 1 rings (SSSR count). The Balaban J connectivity index is 2.79. The summed E-state index contributed by atoms with van der Waals surface area (Å²) in [6.45, 7) is 3.17. The van der Waals surface area contributed by atoms with E-state index in [1.807, 2.05) is 0 Å². The van der Waals surface area contributed by atoms with E-state index >= 15 is 0 Å². The Morgan fingerprint density at radius 3 is 2.61 bits per heavy atom. The van der Waals surface area contributed by atoms with E-state index in [9.17, 15) is 19.8 Å². The van der Waals surface area contributed by atoms with E-state index in [0.717, 1.165) is 23.6 Å². The molecule has 0 spiro atoms. The van der Waals surface area contributed by atoms with Crippen LogP contribution in [0.4, 0.5) is 0 Å². The summed E-state index contributed by atoms with van der Waals surface area (Å²) in [5.41, 5.74) is 1.83. The smallest absolute Gasteiger partial charge is 0.185 e. The van der Waals surface area contributed by atoms with Gasteiger partial charge in [0.2, 0.25) is 0 Å². The molecule has 0 radical (unpaired) electrons. The van der Waals surface area contributed by atoms with E-state index in [-0.39, 0.29) is 10.9 Å². The van der Waals surface area contributed by atoms with Crippen molar-refractivity contribution in [3.05, 3.63) is 34.9 Å². The van der Waals surface area contributed by atoms with Gasteiger partial charge < -0.3 is 10.2 Å². The number of aliphatic hydroxyl groups is 2. The van der Waals surface area contributed by atoms with Crippen molar-refractivity contribution in [2.75, 3.05) is 5.75 Å². The minimum absolute atomic E-state index is 0.103. The summed E-state index contributed by atoms with van der Waals surface area (Å²) >= 11 is 0.971. The molecule has 1 aromatic rings. The molecule has 0 aromatic heterocycles. The van der Waals surface area contributed by atoms with Crippen LogP contribution in [0.3, 0.4) is 0 Å². The van der Waals surface area contributed by atoms with E-state index in [1.54, 1.807) is 25.1 Å². The number of aliphatic hydroxyl groups excluding tert-OH is 2. The molecule has 0 heterocycles. The van der Waals surface area contributed by atoms with Crippen molar-refractivity contribution in [1.82, 2.24) is 0 Å². The first-order chi connectivity index (χ1) is 8.45. The van der Waals surface area contributed by atoms with Gasteiger partial charge in [-0.25, -0.2) is 0 Å². The van der Waals surface area contributed by atoms with Gasteiger partial charge in [0.15, 0.2) is 5.12 Å². The Hall–Kier alpha value is -1.17. The number of carbonyl (C=O) groups excluding carboxylic acids is 2. The van der Waals surface area contributed by atoms with Gasteiger partial charge in [0, 0.05) is 18.2 Å². The fourth-order valence-corrected chi connectivity index (χ4v) is 2.19. The summed E-state index contributed by atoms with van der Waals surface area (Å²) in [4.78, 5) is 21.4. The first-order valence-electron chi connectivity index (χ1n) is 5.51. The summed E-state index contributed by atoms with van der Waals surface area (Å²) in [7, 11) is 0. The van der Waals surface area contributed by atoms with Gasteiger partial charge in [0.05, 0.1) is 6.10 Å². The molecule has 18 heavy (non-hydrogen) atoms. The molecule has 0 amide bonds. The number of hydrogen-bond donors (Lipinski definition) is 2. The van der Waals surface area contributed by atoms with Crippen molar-refractivity contribution >= 4 is 23.2 Å². The van der Waals surface area contributed by atoms with Gasteiger partial charge in [-0.2, -0.15) is 0 Å². The third kappa shape index (κ3) is 3.94. The van der Waals surface area contributed by atoms with Gasteiger partial charge in [0.25, 0.3) is 0 Å². The maximum absolute atomic E-state index is 10.8. The Labute approximate surface area is 110 Å². The van der Waals surface area contributed by atoms with Crippen LogP contribution in [0.25, 0.3) is 0 Å². The zero-order valence-electron chi connectivity index (χ0n) is 10.3. The Kier molecular flexibility index (Phi) is 5.53. The topological polar surface area (TPSA) is 74.6 Å². The van der Waals surface area contributed by atoms with Crippen LogP contribution in [0.2, 0.25) is 0 Å². The van der Waals surface area contributed by atoms with Gasteiger partial charge in [0.1, 0.15) is 12.4 Å². The molecule has 0 saturated carbocycles. The van der Waals surface area contributed by atoms with Crippen LogP contribution in [-0.2, 0) is 4.79 Å². The minimum atomic E-state index is -1.06. The van der Waals surface area contributed by atoms with Crippen LogP contribution < -0.4 is 0 Å². The second-order valence-electron chi connectivity index (χ2n) is 4.05. The molecule has 2 N–H and O–H groups in total. The molecule has 5 heteroatoms. The normalized spacial score (nSPS) is 14.0. The Morgan fingerprint density at radius 1 is 1.44 bits per heavy atom. The molecule has 98 valence electrons. The van der Waals surface area contributed by atoms with Crippen molar-refractivity contribution in [3.63, 3.8) is 0 Å². The van der Waals surface area contributed by atoms with Gasteiger partial charge in [-0.3, -0.25) is 9.59 Å². The summed E-state index contributed by atoms with van der Waals surface area (Å²) in [6, 6.07) is 4.85. The lowest BCUT2D eigenvalue weighted by Gasteiger charge is -2.19. The van der Waals surface area contributed by atoms with Crippen LogP contribution in [0.15, 0.2) is 18.2 Å². The molecule has 1 aromatic carbocycles. The van der Waals surface area contributed by atoms with Crippen molar-refractivity contribution in [3.8, 4) is 0 Å². The molecule has 0 bridgehead atoms. The van der Waals surface area contributed by atoms with Crippen molar-refractivity contribution < 1.29 is 19.8 Å². The zero-order chi connectivity index (χ0) is 13.7. The van der Waals surface area contributed by atoms with E-state index < -0.39 is 12.2 Å². The van der Waals surface area contributed by atoms with E-state index in [4.69, 9.17) is 0 Å². The highest BCUT2D eigenvalue weighted by Gasteiger charge is 2.20. The van der Waals surface area contributed by atoms with Crippen LogP contribution in [0.1, 0.15) is 34.5 Å². The lowest BCUT2D eigenvalue weighted by Crippen LogP contribution is -2.22. The fraction of sp³-hybridized carbons (Fsp3) is 0.385. The molecule has 0 aliphatic carbocycles. The highest BCUT2D eigenvalue weighted by molar-refractivity contribution is 8.13. The molecule has 0 aliphatic heterocycles. The minimum Gasteiger partial charge on any atom is -0.389 e. The summed E-state index contributed by atoms with van der Waals surface area (Å²) in [5, 5.41) is 19.7. The molecule has 0 aliphatic rings. The Bertz CT molecular complexity index is 445. The highest BCUT2D eigenvalue weighted by atomic mass is 32.2.